The molecular weight excluding hydrogens is 569 g/mol. The maximum atomic E-state index is 11.5. The number of aliphatic hydroxyl groups excluding tert-OH is 10. The fourth-order valence-electron chi connectivity index (χ4n) is 1.64. The Kier molecular flexibility index (Phi) is 12.6. The summed E-state index contributed by atoms with van der Waals surface area (Å²) >= 11 is -3.36. The third-order valence-corrected chi connectivity index (χ3v) is 6.52. The van der Waals surface area contributed by atoms with Crippen LogP contribution < -0.4 is 0 Å². The van der Waals surface area contributed by atoms with Crippen LogP contribution in [-0.2, 0) is 40.4 Å². The van der Waals surface area contributed by atoms with Crippen molar-refractivity contribution in [3.8, 4) is 0 Å². The Balaban J connectivity index is 4.48. The summed E-state index contributed by atoms with van der Waals surface area (Å²) in [5.74, 6) is -3.01. The molecule has 10 N–H and O–H groups in total. The van der Waals surface area contributed by atoms with Gasteiger partial charge in [-0.2, -0.15) is 0 Å². The first-order valence-corrected chi connectivity index (χ1v) is 12.0. The molecule has 27 heavy (non-hydrogen) atoms. The third kappa shape index (κ3) is 8.16. The van der Waals surface area contributed by atoms with E-state index in [-0.39, 0.29) is 0 Å². The predicted octanol–water partition coefficient (Wildman–Crippen LogP) is -7.14. The summed E-state index contributed by atoms with van der Waals surface area (Å²) in [6.45, 7) is -1.93. The zero-order chi connectivity index (χ0) is 21.3. The van der Waals surface area contributed by atoms with Gasteiger partial charge in [-0.25, -0.2) is 0 Å². The molecule has 0 amide bonds. The van der Waals surface area contributed by atoms with Gasteiger partial charge in [0.15, 0.2) is 0 Å². The van der Waals surface area contributed by atoms with Crippen LogP contribution in [0, 0.1) is 0 Å². The number of hydrogen-bond acceptors (Lipinski definition) is 14. The van der Waals surface area contributed by atoms with Crippen LogP contribution in [0.4, 0.5) is 0 Å². The van der Waals surface area contributed by atoms with Gasteiger partial charge in [0.2, 0.25) is 0 Å². The second-order valence-electron chi connectivity index (χ2n) is 5.40. The number of hydrogen-bond donors (Lipinski definition) is 10. The van der Waals surface area contributed by atoms with Crippen molar-refractivity contribution in [2.45, 2.75) is 48.8 Å². The van der Waals surface area contributed by atoms with Crippen LogP contribution in [0.1, 0.15) is 0 Å². The van der Waals surface area contributed by atoms with Crippen molar-refractivity contribution in [1.29, 1.82) is 0 Å². The van der Waals surface area contributed by atoms with Gasteiger partial charge in [-0.15, -0.1) is 0 Å². The van der Waals surface area contributed by atoms with E-state index in [0.717, 1.165) is 0 Å². The van der Waals surface area contributed by atoms with E-state index in [1.807, 2.05) is 0 Å². The monoisotopic (exact) mass is 592 g/mol. The molecule has 0 aliphatic carbocycles. The van der Waals surface area contributed by atoms with Crippen molar-refractivity contribution in [2.24, 2.45) is 0 Å². The van der Waals surface area contributed by atoms with E-state index in [4.69, 9.17) is 20.4 Å². The van der Waals surface area contributed by atoms with Crippen LogP contribution in [0.3, 0.4) is 0 Å². The molecule has 0 radical (unpaired) electrons. The molecule has 0 saturated carbocycles. The molecule has 0 aromatic heterocycles. The van der Waals surface area contributed by atoms with E-state index in [1.165, 1.54) is 0 Å². The van der Waals surface area contributed by atoms with Gasteiger partial charge in [0, 0.05) is 0 Å². The van der Waals surface area contributed by atoms with E-state index in [0.29, 0.717) is 0 Å². The normalized spacial score (nSPS) is 20.2. The summed E-state index contributed by atoms with van der Waals surface area (Å²) < 4.78 is 8.90. The topological polar surface area (TPSA) is 255 Å². The van der Waals surface area contributed by atoms with Crippen LogP contribution in [0.15, 0.2) is 0 Å². The predicted molar refractivity (Wildman–Crippen MR) is 74.4 cm³/mol. The minimum absolute atomic E-state index is 0.964. The Morgan fingerprint density at radius 1 is 0.630 bits per heavy atom. The molecule has 8 atom stereocenters. The molecule has 156 valence electrons. The third-order valence-electron chi connectivity index (χ3n) is 3.39. The van der Waals surface area contributed by atoms with Crippen LogP contribution in [-0.4, -0.2) is 125 Å². The van der Waals surface area contributed by atoms with Crippen molar-refractivity contribution in [1.82, 2.24) is 0 Å². The maximum absolute atomic E-state index is 11.5. The van der Waals surface area contributed by atoms with Gasteiger partial charge in [0.1, 0.15) is 0 Å². The molecule has 15 heteroatoms. The summed E-state index contributed by atoms with van der Waals surface area (Å²) in [7, 11) is 0. The van der Waals surface area contributed by atoms with Crippen molar-refractivity contribution in [3.63, 3.8) is 0 Å². The van der Waals surface area contributed by atoms with E-state index in [2.05, 4.69) is 5.29 Å². The van der Waals surface area contributed by atoms with Gasteiger partial charge in [-0.1, -0.05) is 0 Å². The van der Waals surface area contributed by atoms with E-state index >= 15 is 0 Å². The summed E-state index contributed by atoms with van der Waals surface area (Å²) in [6.07, 6.45) is -16.9. The van der Waals surface area contributed by atoms with Crippen molar-refractivity contribution >= 4 is 11.9 Å². The Labute approximate surface area is 165 Å². The molecule has 0 fully saturated rings. The molecule has 0 heterocycles. The quantitative estimate of drug-likeness (QED) is 0.0948. The van der Waals surface area contributed by atoms with Gasteiger partial charge in [0.25, 0.3) is 0 Å². The molecule has 0 bridgehead atoms. The Morgan fingerprint density at radius 3 is 1.19 bits per heavy atom. The summed E-state index contributed by atoms with van der Waals surface area (Å²) in [5, 5.41) is 92.0. The Hall–Kier alpha value is -0.525. The zero-order valence-corrected chi connectivity index (χ0v) is 19.3. The fraction of sp³-hybridized carbons (Fsp3) is 0.833. The molecule has 0 saturated heterocycles. The molecule has 0 spiro atoms. The van der Waals surface area contributed by atoms with Gasteiger partial charge < -0.3 is 0 Å². The van der Waals surface area contributed by atoms with Gasteiger partial charge in [0.05, 0.1) is 0 Å². The van der Waals surface area contributed by atoms with Gasteiger partial charge >= 0.3 is 165 Å². The molecule has 8 unspecified atom stereocenters. The van der Waals surface area contributed by atoms with Gasteiger partial charge in [-0.3, -0.25) is 0 Å². The van der Waals surface area contributed by atoms with Crippen LogP contribution >= 0.6 is 0 Å². The van der Waals surface area contributed by atoms with Crippen LogP contribution in [0.25, 0.3) is 0 Å². The van der Waals surface area contributed by atoms with Crippen molar-refractivity contribution in [2.75, 3.05) is 13.2 Å². The van der Waals surface area contributed by atoms with Crippen molar-refractivity contribution in [3.05, 3.63) is 0 Å². The molecule has 0 aromatic rings. The number of carbonyl (C=O) groups excluding carboxylic acids is 2. The SMILES string of the molecule is O=C([O][Hg][O]C(=O)C(O)C(O)C(O)C(O)CO)C(O)C(O)C(O)C(O)CO. The average molecular weight is 591 g/mol. The fourth-order valence-corrected chi connectivity index (χ4v) is 4.10. The summed E-state index contributed by atoms with van der Waals surface area (Å²) in [4.78, 5) is 23.0. The number of carbonyl (C=O) groups is 2. The molecule has 0 aromatic carbocycles. The molecule has 0 aliphatic rings. The second kappa shape index (κ2) is 12.8. The van der Waals surface area contributed by atoms with E-state index in [1.54, 1.807) is 0 Å². The first-order chi connectivity index (χ1) is 12.5. The van der Waals surface area contributed by atoms with Crippen LogP contribution in [0.5, 0.6) is 0 Å². The Morgan fingerprint density at radius 2 is 0.926 bits per heavy atom. The first-order valence-electron chi connectivity index (χ1n) is 7.49. The number of aliphatic hydroxyl groups is 10. The zero-order valence-electron chi connectivity index (χ0n) is 13.8. The molecule has 0 aliphatic heterocycles. The van der Waals surface area contributed by atoms with E-state index < -0.39 is 99.5 Å². The van der Waals surface area contributed by atoms with Gasteiger partial charge in [-0.05, 0) is 0 Å². The minimum atomic E-state index is -3.36. The molecule has 0 rings (SSSR count). The average Bonchev–Trinajstić information content (AvgIpc) is 2.68. The van der Waals surface area contributed by atoms with Crippen LogP contribution in [0.2, 0.25) is 0 Å². The standard InChI is InChI=1S/2C6H12O7.Hg/c2*7-1-2(8)3(9)4(10)5(11)6(12)13;/h2*2-5,7-11H,1H2,(H,12,13);/q;;+2/p-2. The first kappa shape index (κ1) is 26.5. The van der Waals surface area contributed by atoms with Crippen molar-refractivity contribution < 1.29 is 91.4 Å². The van der Waals surface area contributed by atoms with E-state index in [9.17, 15) is 40.2 Å². The molecular formula is C12H22HgO14. The summed E-state index contributed by atoms with van der Waals surface area (Å²) in [5.41, 5.74) is 0. The molecule has 14 nitrogen and oxygen atoms in total. The Bertz CT molecular complexity index is 423. The summed E-state index contributed by atoms with van der Waals surface area (Å²) in [6, 6.07) is 0. The number of rotatable bonds is 12. The second-order valence-corrected chi connectivity index (χ2v) is 8.56.